The minimum atomic E-state index is -0.0828. The molecule has 3 aromatic rings. The summed E-state index contributed by atoms with van der Waals surface area (Å²) in [5, 5.41) is 6.70. The monoisotopic (exact) mass is 333 g/mol. The zero-order valence-electron chi connectivity index (χ0n) is 14.8. The number of aromatic nitrogens is 3. The lowest BCUT2D eigenvalue weighted by Gasteiger charge is -2.22. The summed E-state index contributed by atoms with van der Waals surface area (Å²) in [4.78, 5) is 13.6. The third-order valence-electron chi connectivity index (χ3n) is 3.45. The molecule has 0 saturated carbocycles. The number of nitrogens with zero attached hydrogens (tertiary/aromatic N) is 3. The van der Waals surface area contributed by atoms with Crippen LogP contribution in [0.3, 0.4) is 0 Å². The molecule has 5 nitrogen and oxygen atoms in total. The minimum Gasteiger partial charge on any atom is -0.365 e. The molecule has 2 N–H and O–H groups in total. The minimum absolute atomic E-state index is 0.0828. The van der Waals surface area contributed by atoms with Crippen LogP contribution in [0.15, 0.2) is 60.8 Å². The molecule has 0 atom stereocenters. The first-order valence-corrected chi connectivity index (χ1v) is 8.36. The number of hydrogen-bond donors (Lipinski definition) is 2. The highest BCUT2D eigenvalue weighted by Gasteiger charge is 2.13. The second kappa shape index (κ2) is 7.30. The zero-order valence-corrected chi connectivity index (χ0v) is 14.8. The van der Waals surface area contributed by atoms with Crippen LogP contribution in [-0.4, -0.2) is 20.5 Å². The van der Waals surface area contributed by atoms with E-state index >= 15 is 0 Å². The maximum atomic E-state index is 4.66. The molecule has 2 aromatic heterocycles. The van der Waals surface area contributed by atoms with Gasteiger partial charge in [0.2, 0.25) is 5.95 Å². The predicted octanol–water partition coefficient (Wildman–Crippen LogP) is 4.36. The lowest BCUT2D eigenvalue weighted by atomic mass is 10.1. The van der Waals surface area contributed by atoms with E-state index in [9.17, 15) is 0 Å². The number of anilines is 2. The molecule has 0 radical (unpaired) electrons. The van der Waals surface area contributed by atoms with Gasteiger partial charge in [0.1, 0.15) is 5.82 Å². The van der Waals surface area contributed by atoms with Gasteiger partial charge in [-0.2, -0.15) is 4.98 Å². The fourth-order valence-electron chi connectivity index (χ4n) is 2.40. The van der Waals surface area contributed by atoms with E-state index in [1.165, 1.54) is 0 Å². The van der Waals surface area contributed by atoms with Crippen LogP contribution in [0, 0.1) is 0 Å². The average molecular weight is 333 g/mol. The molecule has 0 aliphatic carbocycles. The van der Waals surface area contributed by atoms with Crippen molar-refractivity contribution in [3.63, 3.8) is 0 Å². The van der Waals surface area contributed by atoms with Crippen molar-refractivity contribution in [2.45, 2.75) is 32.9 Å². The van der Waals surface area contributed by atoms with Crippen molar-refractivity contribution in [1.82, 2.24) is 15.0 Å². The topological polar surface area (TPSA) is 62.7 Å². The summed E-state index contributed by atoms with van der Waals surface area (Å²) in [6, 6.07) is 17.9. The van der Waals surface area contributed by atoms with Crippen molar-refractivity contribution in [3.05, 3.63) is 66.5 Å². The fraction of sp³-hybridized carbons (Fsp3) is 0.250. The quantitative estimate of drug-likeness (QED) is 0.726. The summed E-state index contributed by atoms with van der Waals surface area (Å²) in [5.41, 5.74) is 2.80. The van der Waals surface area contributed by atoms with Crippen LogP contribution < -0.4 is 10.6 Å². The molecular formula is C20H23N5. The molecule has 3 rings (SSSR count). The molecule has 0 aliphatic heterocycles. The lowest BCUT2D eigenvalue weighted by Crippen LogP contribution is -2.27. The Labute approximate surface area is 148 Å². The summed E-state index contributed by atoms with van der Waals surface area (Å²) in [6.07, 6.45) is 1.78. The van der Waals surface area contributed by atoms with Crippen LogP contribution in [0.1, 0.15) is 26.5 Å². The van der Waals surface area contributed by atoms with E-state index in [0.29, 0.717) is 12.5 Å². The highest BCUT2D eigenvalue weighted by molar-refractivity contribution is 5.64. The Bertz CT molecular complexity index is 810. The van der Waals surface area contributed by atoms with Gasteiger partial charge in [-0.05, 0) is 32.9 Å². The van der Waals surface area contributed by atoms with Gasteiger partial charge in [0, 0.05) is 23.4 Å². The van der Waals surface area contributed by atoms with Gasteiger partial charge in [-0.15, -0.1) is 0 Å². The molecule has 128 valence electrons. The first kappa shape index (κ1) is 16.9. The third-order valence-corrected chi connectivity index (χ3v) is 3.45. The Hall–Kier alpha value is -2.95. The van der Waals surface area contributed by atoms with E-state index in [-0.39, 0.29) is 5.54 Å². The van der Waals surface area contributed by atoms with Crippen LogP contribution in [-0.2, 0) is 6.54 Å². The van der Waals surface area contributed by atoms with Gasteiger partial charge >= 0.3 is 0 Å². The van der Waals surface area contributed by atoms with E-state index in [0.717, 1.165) is 22.8 Å². The van der Waals surface area contributed by atoms with Crippen LogP contribution in [0.2, 0.25) is 0 Å². The van der Waals surface area contributed by atoms with Gasteiger partial charge in [0.15, 0.2) is 0 Å². The maximum absolute atomic E-state index is 4.66. The number of hydrogen-bond acceptors (Lipinski definition) is 5. The summed E-state index contributed by atoms with van der Waals surface area (Å²) >= 11 is 0. The average Bonchev–Trinajstić information content (AvgIpc) is 2.60. The second-order valence-electron chi connectivity index (χ2n) is 6.88. The smallest absolute Gasteiger partial charge is 0.225 e. The van der Waals surface area contributed by atoms with E-state index < -0.39 is 0 Å². The van der Waals surface area contributed by atoms with E-state index in [1.807, 2.05) is 54.6 Å². The molecule has 0 unspecified atom stereocenters. The second-order valence-corrected chi connectivity index (χ2v) is 6.88. The van der Waals surface area contributed by atoms with Crippen molar-refractivity contribution < 1.29 is 0 Å². The van der Waals surface area contributed by atoms with Gasteiger partial charge in [0.25, 0.3) is 0 Å². The summed E-state index contributed by atoms with van der Waals surface area (Å²) in [7, 11) is 0. The molecule has 0 amide bonds. The van der Waals surface area contributed by atoms with Crippen molar-refractivity contribution in [2.75, 3.05) is 10.6 Å². The van der Waals surface area contributed by atoms with Crippen molar-refractivity contribution >= 4 is 11.8 Å². The molecule has 5 heteroatoms. The SMILES string of the molecule is CC(C)(C)Nc1cc(-c2ccccc2)nc(NCc2ccccn2)n1. The van der Waals surface area contributed by atoms with Gasteiger partial charge in [0.05, 0.1) is 17.9 Å². The fourth-order valence-corrected chi connectivity index (χ4v) is 2.40. The summed E-state index contributed by atoms with van der Waals surface area (Å²) in [6.45, 7) is 6.91. The van der Waals surface area contributed by atoms with Gasteiger partial charge < -0.3 is 10.6 Å². The van der Waals surface area contributed by atoms with Crippen molar-refractivity contribution in [3.8, 4) is 11.3 Å². The molecule has 0 fully saturated rings. The number of benzene rings is 1. The first-order chi connectivity index (χ1) is 12.0. The van der Waals surface area contributed by atoms with Crippen molar-refractivity contribution in [2.24, 2.45) is 0 Å². The van der Waals surface area contributed by atoms with Crippen LogP contribution in [0.5, 0.6) is 0 Å². The lowest BCUT2D eigenvalue weighted by molar-refractivity contribution is 0.630. The van der Waals surface area contributed by atoms with E-state index in [2.05, 4.69) is 46.4 Å². The molecule has 0 aliphatic rings. The number of rotatable bonds is 5. The molecule has 0 bridgehead atoms. The van der Waals surface area contributed by atoms with Crippen molar-refractivity contribution in [1.29, 1.82) is 0 Å². The van der Waals surface area contributed by atoms with Gasteiger partial charge in [-0.3, -0.25) is 4.98 Å². The highest BCUT2D eigenvalue weighted by Crippen LogP contribution is 2.23. The number of nitrogens with one attached hydrogen (secondary N) is 2. The molecule has 0 saturated heterocycles. The first-order valence-electron chi connectivity index (χ1n) is 8.36. The molecule has 25 heavy (non-hydrogen) atoms. The third kappa shape index (κ3) is 5.01. The zero-order chi connectivity index (χ0) is 17.7. The normalized spacial score (nSPS) is 11.2. The molecule has 0 spiro atoms. The van der Waals surface area contributed by atoms with E-state index in [1.54, 1.807) is 6.20 Å². The number of pyridine rings is 1. The largest absolute Gasteiger partial charge is 0.365 e. The van der Waals surface area contributed by atoms with Crippen LogP contribution in [0.4, 0.5) is 11.8 Å². The van der Waals surface area contributed by atoms with Crippen LogP contribution >= 0.6 is 0 Å². The van der Waals surface area contributed by atoms with Gasteiger partial charge in [-0.1, -0.05) is 36.4 Å². The summed E-state index contributed by atoms with van der Waals surface area (Å²) < 4.78 is 0. The van der Waals surface area contributed by atoms with Crippen LogP contribution in [0.25, 0.3) is 11.3 Å². The van der Waals surface area contributed by atoms with E-state index in [4.69, 9.17) is 0 Å². The molecule has 2 heterocycles. The standard InChI is InChI=1S/C20H23N5/c1-20(2,3)25-18-13-17(15-9-5-4-6-10-15)23-19(24-18)22-14-16-11-7-8-12-21-16/h4-13H,14H2,1-3H3,(H2,22,23,24,25). The Kier molecular flexibility index (Phi) is 4.93. The summed E-state index contributed by atoms with van der Waals surface area (Å²) in [5.74, 6) is 1.38. The Balaban J connectivity index is 1.89. The molecular weight excluding hydrogens is 310 g/mol. The maximum Gasteiger partial charge on any atom is 0.225 e. The highest BCUT2D eigenvalue weighted by atomic mass is 15.2. The van der Waals surface area contributed by atoms with Gasteiger partial charge in [-0.25, -0.2) is 4.98 Å². The molecule has 1 aromatic carbocycles. The predicted molar refractivity (Wildman–Crippen MR) is 102 cm³/mol. The Morgan fingerprint density at radius 3 is 2.36 bits per heavy atom. The Morgan fingerprint density at radius 2 is 1.68 bits per heavy atom. The Morgan fingerprint density at radius 1 is 0.920 bits per heavy atom.